The first-order chi connectivity index (χ1) is 7.21. The predicted octanol–water partition coefficient (Wildman–Crippen LogP) is 1.87. The van der Waals surface area contributed by atoms with E-state index >= 15 is 0 Å². The second-order valence-corrected chi connectivity index (χ2v) is 5.08. The van der Waals surface area contributed by atoms with Gasteiger partial charge in [0.15, 0.2) is 0 Å². The van der Waals surface area contributed by atoms with E-state index in [4.69, 9.17) is 0 Å². The summed E-state index contributed by atoms with van der Waals surface area (Å²) in [7, 11) is -3.34. The van der Waals surface area contributed by atoms with E-state index in [1.165, 1.54) is 0 Å². The summed E-state index contributed by atoms with van der Waals surface area (Å²) >= 11 is 0. The monoisotopic (exact) mass is 258 g/mol. The Kier molecular flexibility index (Phi) is 5.37. The summed E-state index contributed by atoms with van der Waals surface area (Å²) in [4.78, 5) is 0.660. The standard InChI is InChI=1S/C12H10O2S.K.H/c13-15(14,11-7-3-1-4-8-11)12-9-5-2-6-10-12;;/h1-10H;;. The van der Waals surface area contributed by atoms with E-state index in [9.17, 15) is 8.42 Å². The van der Waals surface area contributed by atoms with Crippen LogP contribution >= 0.6 is 0 Å². The van der Waals surface area contributed by atoms with Crippen molar-refractivity contribution in [3.63, 3.8) is 0 Å². The number of benzene rings is 2. The SMILES string of the molecule is O=S(=O)(c1ccccc1)c1ccccc1.[KH]. The van der Waals surface area contributed by atoms with E-state index in [0.29, 0.717) is 9.79 Å². The van der Waals surface area contributed by atoms with E-state index in [0.717, 1.165) is 0 Å². The summed E-state index contributed by atoms with van der Waals surface area (Å²) in [6.45, 7) is 0. The van der Waals surface area contributed by atoms with Crippen molar-refractivity contribution >= 4 is 61.2 Å². The van der Waals surface area contributed by atoms with Crippen LogP contribution in [-0.2, 0) is 9.84 Å². The molecule has 0 spiro atoms. The zero-order valence-electron chi connectivity index (χ0n) is 8.00. The van der Waals surface area contributed by atoms with Crippen molar-refractivity contribution in [2.24, 2.45) is 0 Å². The van der Waals surface area contributed by atoms with E-state index in [-0.39, 0.29) is 51.4 Å². The fourth-order valence-electron chi connectivity index (χ4n) is 1.34. The quantitative estimate of drug-likeness (QED) is 0.771. The summed E-state index contributed by atoms with van der Waals surface area (Å²) in [5, 5.41) is 0. The second kappa shape index (κ2) is 6.09. The third kappa shape index (κ3) is 3.03. The molecular formula is C12H11KO2S. The Morgan fingerprint density at radius 2 is 0.938 bits per heavy atom. The zero-order chi connectivity index (χ0) is 10.7. The first-order valence-corrected chi connectivity index (χ1v) is 6.05. The van der Waals surface area contributed by atoms with Crippen LogP contribution in [0.2, 0.25) is 0 Å². The molecule has 78 valence electrons. The van der Waals surface area contributed by atoms with Crippen LogP contribution < -0.4 is 0 Å². The molecule has 0 saturated heterocycles. The molecule has 0 saturated carbocycles. The molecular weight excluding hydrogens is 247 g/mol. The van der Waals surface area contributed by atoms with Gasteiger partial charge in [-0.05, 0) is 24.3 Å². The van der Waals surface area contributed by atoms with Crippen molar-refractivity contribution in [2.75, 3.05) is 0 Å². The molecule has 2 rings (SSSR count). The van der Waals surface area contributed by atoms with Crippen LogP contribution in [0.4, 0.5) is 0 Å². The molecule has 0 unspecified atom stereocenters. The molecule has 0 radical (unpaired) electrons. The maximum atomic E-state index is 12.0. The molecule has 0 fully saturated rings. The molecule has 0 aliphatic carbocycles. The van der Waals surface area contributed by atoms with Crippen LogP contribution in [0, 0.1) is 0 Å². The van der Waals surface area contributed by atoms with Crippen LogP contribution in [0.1, 0.15) is 0 Å². The minimum absolute atomic E-state index is 0. The fraction of sp³-hybridized carbons (Fsp3) is 0. The topological polar surface area (TPSA) is 34.1 Å². The average molecular weight is 258 g/mol. The molecule has 0 bridgehead atoms. The normalized spacial score (nSPS) is 10.5. The molecule has 2 aromatic rings. The summed E-state index contributed by atoms with van der Waals surface area (Å²) in [5.74, 6) is 0. The van der Waals surface area contributed by atoms with Gasteiger partial charge < -0.3 is 0 Å². The Bertz CT molecular complexity index is 490. The van der Waals surface area contributed by atoms with Crippen LogP contribution in [0.5, 0.6) is 0 Å². The molecule has 0 atom stereocenters. The second-order valence-electron chi connectivity index (χ2n) is 3.13. The van der Waals surface area contributed by atoms with Gasteiger partial charge in [-0.25, -0.2) is 8.42 Å². The van der Waals surface area contributed by atoms with Gasteiger partial charge in [0.1, 0.15) is 0 Å². The van der Waals surface area contributed by atoms with Crippen LogP contribution in [0.25, 0.3) is 0 Å². The van der Waals surface area contributed by atoms with Crippen molar-refractivity contribution in [3.8, 4) is 0 Å². The zero-order valence-corrected chi connectivity index (χ0v) is 8.81. The summed E-state index contributed by atoms with van der Waals surface area (Å²) < 4.78 is 24.1. The van der Waals surface area contributed by atoms with Gasteiger partial charge in [-0.15, -0.1) is 0 Å². The van der Waals surface area contributed by atoms with Crippen molar-refractivity contribution in [1.29, 1.82) is 0 Å². The van der Waals surface area contributed by atoms with Gasteiger partial charge in [0, 0.05) is 0 Å². The predicted molar refractivity (Wildman–Crippen MR) is 65.5 cm³/mol. The molecule has 0 amide bonds. The fourth-order valence-corrected chi connectivity index (χ4v) is 2.64. The first-order valence-electron chi connectivity index (χ1n) is 4.56. The van der Waals surface area contributed by atoms with Crippen molar-refractivity contribution in [1.82, 2.24) is 0 Å². The molecule has 0 aromatic heterocycles. The summed E-state index contributed by atoms with van der Waals surface area (Å²) in [5.41, 5.74) is 0. The number of hydrogen-bond donors (Lipinski definition) is 0. The third-order valence-electron chi connectivity index (χ3n) is 2.11. The Balaban J connectivity index is 0.00000128. The van der Waals surface area contributed by atoms with Gasteiger partial charge in [-0.1, -0.05) is 36.4 Å². The molecule has 4 heteroatoms. The van der Waals surface area contributed by atoms with Gasteiger partial charge in [-0.2, -0.15) is 0 Å². The van der Waals surface area contributed by atoms with Gasteiger partial charge >= 0.3 is 51.4 Å². The number of hydrogen-bond acceptors (Lipinski definition) is 2. The van der Waals surface area contributed by atoms with Gasteiger partial charge in [0.05, 0.1) is 9.79 Å². The van der Waals surface area contributed by atoms with Crippen molar-refractivity contribution in [2.45, 2.75) is 9.79 Å². The Labute approximate surface area is 138 Å². The number of rotatable bonds is 2. The van der Waals surface area contributed by atoms with Gasteiger partial charge in [-0.3, -0.25) is 0 Å². The molecule has 2 nitrogen and oxygen atoms in total. The Morgan fingerprint density at radius 1 is 0.625 bits per heavy atom. The summed E-state index contributed by atoms with van der Waals surface area (Å²) in [6, 6.07) is 16.9. The van der Waals surface area contributed by atoms with Gasteiger partial charge in [0.2, 0.25) is 9.84 Å². The maximum absolute atomic E-state index is 12.0. The van der Waals surface area contributed by atoms with E-state index in [1.54, 1.807) is 60.7 Å². The van der Waals surface area contributed by atoms with Gasteiger partial charge in [0.25, 0.3) is 0 Å². The van der Waals surface area contributed by atoms with E-state index in [1.807, 2.05) is 0 Å². The van der Waals surface area contributed by atoms with Crippen LogP contribution in [0.15, 0.2) is 70.5 Å². The molecule has 0 aliphatic rings. The number of sulfone groups is 1. The van der Waals surface area contributed by atoms with Crippen molar-refractivity contribution in [3.05, 3.63) is 60.7 Å². The molecule has 0 N–H and O–H groups in total. The molecule has 0 aliphatic heterocycles. The summed E-state index contributed by atoms with van der Waals surface area (Å²) in [6.07, 6.45) is 0. The van der Waals surface area contributed by atoms with E-state index < -0.39 is 9.84 Å². The molecule has 16 heavy (non-hydrogen) atoms. The molecule has 2 aromatic carbocycles. The minimum atomic E-state index is -3.34. The first kappa shape index (κ1) is 14.1. The average Bonchev–Trinajstić information content (AvgIpc) is 2.31. The molecule has 0 heterocycles. The van der Waals surface area contributed by atoms with Crippen LogP contribution in [0.3, 0.4) is 0 Å². The Hall–Kier alpha value is 0.0264. The van der Waals surface area contributed by atoms with Crippen LogP contribution in [-0.4, -0.2) is 59.8 Å². The third-order valence-corrected chi connectivity index (χ3v) is 3.89. The van der Waals surface area contributed by atoms with Crippen molar-refractivity contribution < 1.29 is 8.42 Å². The van der Waals surface area contributed by atoms with E-state index in [2.05, 4.69) is 0 Å². The Morgan fingerprint density at radius 3 is 1.25 bits per heavy atom.